The fourth-order valence-corrected chi connectivity index (χ4v) is 4.60. The summed E-state index contributed by atoms with van der Waals surface area (Å²) in [4.78, 5) is 14.1. The number of benzene rings is 3. The second-order valence-corrected chi connectivity index (χ2v) is 9.29. The van der Waals surface area contributed by atoms with Crippen LogP contribution in [0.25, 0.3) is 0 Å². The van der Waals surface area contributed by atoms with Gasteiger partial charge in [0, 0.05) is 51.9 Å². The standard InChI is InChI=1S/C30H34N6O/c1-37-30-31-28(33-36(23-26-13-7-3-8-14-26)24-27-15-9-4-10-16-27)21-29(32-30)35-19-17-34(18-20-35)22-25-11-5-2-6-12-25/h2-16,21H,17-20,22-24H2,1H3,(H,31,32,33). The van der Waals surface area contributed by atoms with E-state index in [1.807, 2.05) is 18.2 Å². The third-order valence-electron chi connectivity index (χ3n) is 6.53. The van der Waals surface area contributed by atoms with E-state index >= 15 is 0 Å². The van der Waals surface area contributed by atoms with Crippen molar-refractivity contribution in [3.63, 3.8) is 0 Å². The fourth-order valence-electron chi connectivity index (χ4n) is 4.60. The van der Waals surface area contributed by atoms with Crippen LogP contribution in [0.3, 0.4) is 0 Å². The Kier molecular flexibility index (Phi) is 8.25. The lowest BCUT2D eigenvalue weighted by molar-refractivity contribution is 0.249. The average molecular weight is 495 g/mol. The van der Waals surface area contributed by atoms with Crippen LogP contribution < -0.4 is 15.1 Å². The summed E-state index contributed by atoms with van der Waals surface area (Å²) in [5, 5.41) is 2.17. The summed E-state index contributed by atoms with van der Waals surface area (Å²) in [5.41, 5.74) is 7.33. The quantitative estimate of drug-likeness (QED) is 0.317. The van der Waals surface area contributed by atoms with Crippen molar-refractivity contribution in [1.82, 2.24) is 19.9 Å². The molecule has 1 aliphatic rings. The highest BCUT2D eigenvalue weighted by molar-refractivity contribution is 5.50. The minimum Gasteiger partial charge on any atom is -0.467 e. The van der Waals surface area contributed by atoms with Gasteiger partial charge in [-0.3, -0.25) is 4.90 Å². The summed E-state index contributed by atoms with van der Waals surface area (Å²) < 4.78 is 5.49. The summed E-state index contributed by atoms with van der Waals surface area (Å²) in [6, 6.07) is 34.0. The van der Waals surface area contributed by atoms with E-state index in [4.69, 9.17) is 4.74 Å². The smallest absolute Gasteiger partial charge is 0.320 e. The van der Waals surface area contributed by atoms with E-state index in [-0.39, 0.29) is 0 Å². The lowest BCUT2D eigenvalue weighted by Crippen LogP contribution is -2.46. The molecule has 0 unspecified atom stereocenters. The largest absolute Gasteiger partial charge is 0.467 e. The molecule has 0 radical (unpaired) electrons. The molecule has 190 valence electrons. The Morgan fingerprint density at radius 3 is 1.81 bits per heavy atom. The van der Waals surface area contributed by atoms with Gasteiger partial charge in [0.25, 0.3) is 0 Å². The molecule has 1 aliphatic heterocycles. The number of piperazine rings is 1. The molecule has 5 rings (SSSR count). The lowest BCUT2D eigenvalue weighted by atomic mass is 10.2. The van der Waals surface area contributed by atoms with Gasteiger partial charge in [-0.2, -0.15) is 9.97 Å². The maximum atomic E-state index is 5.49. The number of nitrogens with zero attached hydrogens (tertiary/aromatic N) is 5. The molecule has 0 amide bonds. The number of hydrogen-bond acceptors (Lipinski definition) is 7. The lowest BCUT2D eigenvalue weighted by Gasteiger charge is -2.35. The van der Waals surface area contributed by atoms with Crippen LogP contribution in [0.15, 0.2) is 97.1 Å². The molecule has 0 bridgehead atoms. The number of nitrogens with one attached hydrogen (secondary N) is 1. The van der Waals surface area contributed by atoms with Gasteiger partial charge in [0.2, 0.25) is 0 Å². The Morgan fingerprint density at radius 2 is 1.27 bits per heavy atom. The number of methoxy groups -OCH3 is 1. The van der Waals surface area contributed by atoms with Gasteiger partial charge in [-0.1, -0.05) is 91.0 Å². The molecule has 1 fully saturated rings. The Morgan fingerprint density at radius 1 is 0.730 bits per heavy atom. The Balaban J connectivity index is 1.29. The minimum absolute atomic E-state index is 0.367. The first-order valence-electron chi connectivity index (χ1n) is 12.8. The third kappa shape index (κ3) is 7.06. The van der Waals surface area contributed by atoms with Gasteiger partial charge in [0.15, 0.2) is 0 Å². The molecule has 37 heavy (non-hydrogen) atoms. The predicted octanol–water partition coefficient (Wildman–Crippen LogP) is 4.84. The molecule has 1 saturated heterocycles. The van der Waals surface area contributed by atoms with Gasteiger partial charge in [0.05, 0.1) is 7.11 Å². The molecule has 7 heteroatoms. The van der Waals surface area contributed by atoms with Gasteiger partial charge >= 0.3 is 6.01 Å². The van der Waals surface area contributed by atoms with Gasteiger partial charge in [-0.25, -0.2) is 5.01 Å². The first-order valence-corrected chi connectivity index (χ1v) is 12.8. The predicted molar refractivity (Wildman–Crippen MR) is 148 cm³/mol. The number of anilines is 2. The van der Waals surface area contributed by atoms with Crippen molar-refractivity contribution in [2.75, 3.05) is 43.6 Å². The number of hydrogen-bond donors (Lipinski definition) is 1. The molecule has 1 aromatic heterocycles. The minimum atomic E-state index is 0.367. The normalized spacial score (nSPS) is 14.1. The zero-order chi connectivity index (χ0) is 25.3. The molecular weight excluding hydrogens is 460 g/mol. The van der Waals surface area contributed by atoms with E-state index in [0.717, 1.165) is 57.4 Å². The van der Waals surface area contributed by atoms with E-state index in [1.54, 1.807) is 7.11 Å². The first kappa shape index (κ1) is 24.7. The van der Waals surface area contributed by atoms with Crippen molar-refractivity contribution in [2.24, 2.45) is 0 Å². The first-order chi connectivity index (χ1) is 18.2. The highest BCUT2D eigenvalue weighted by atomic mass is 16.5. The topological polar surface area (TPSA) is 56.8 Å². The molecular formula is C30H34N6O. The van der Waals surface area contributed by atoms with Gasteiger partial charge < -0.3 is 15.1 Å². The second kappa shape index (κ2) is 12.3. The Bertz CT molecular complexity index is 1190. The molecule has 2 heterocycles. The van der Waals surface area contributed by atoms with Crippen LogP contribution >= 0.6 is 0 Å². The van der Waals surface area contributed by atoms with E-state index < -0.39 is 0 Å². The summed E-state index contributed by atoms with van der Waals surface area (Å²) in [7, 11) is 1.62. The van der Waals surface area contributed by atoms with Crippen LogP contribution in [0.1, 0.15) is 16.7 Å². The zero-order valence-corrected chi connectivity index (χ0v) is 21.3. The highest BCUT2D eigenvalue weighted by Crippen LogP contribution is 2.23. The average Bonchev–Trinajstić information content (AvgIpc) is 2.95. The van der Waals surface area contributed by atoms with Crippen LogP contribution in [-0.2, 0) is 19.6 Å². The van der Waals surface area contributed by atoms with Gasteiger partial charge in [0.1, 0.15) is 11.6 Å². The number of hydrazine groups is 1. The van der Waals surface area contributed by atoms with Gasteiger partial charge in [-0.15, -0.1) is 0 Å². The van der Waals surface area contributed by atoms with E-state index in [2.05, 4.69) is 109 Å². The number of ether oxygens (including phenoxy) is 1. The summed E-state index contributed by atoms with van der Waals surface area (Å²) in [5.74, 6) is 1.61. The second-order valence-electron chi connectivity index (χ2n) is 9.29. The Hall–Kier alpha value is -3.94. The van der Waals surface area contributed by atoms with Crippen LogP contribution in [0.4, 0.5) is 11.6 Å². The summed E-state index contributed by atoms with van der Waals surface area (Å²) >= 11 is 0. The van der Waals surface area contributed by atoms with Crippen molar-refractivity contribution in [3.8, 4) is 6.01 Å². The van der Waals surface area contributed by atoms with Crippen LogP contribution in [0.5, 0.6) is 6.01 Å². The molecule has 0 atom stereocenters. The third-order valence-corrected chi connectivity index (χ3v) is 6.53. The van der Waals surface area contributed by atoms with Crippen molar-refractivity contribution in [2.45, 2.75) is 19.6 Å². The number of rotatable bonds is 10. The molecule has 0 saturated carbocycles. The van der Waals surface area contributed by atoms with Gasteiger partial charge in [-0.05, 0) is 16.7 Å². The maximum Gasteiger partial charge on any atom is 0.320 e. The highest BCUT2D eigenvalue weighted by Gasteiger charge is 2.20. The summed E-state index contributed by atoms with van der Waals surface area (Å²) in [6.07, 6.45) is 0. The SMILES string of the molecule is COc1nc(NN(Cc2ccccc2)Cc2ccccc2)cc(N2CCN(Cc3ccccc3)CC2)n1. The fraction of sp³-hybridized carbons (Fsp3) is 0.267. The molecule has 7 nitrogen and oxygen atoms in total. The van der Waals surface area contributed by atoms with Crippen LogP contribution in [0, 0.1) is 0 Å². The Labute approximate surface area is 219 Å². The van der Waals surface area contributed by atoms with Crippen molar-refractivity contribution in [1.29, 1.82) is 0 Å². The van der Waals surface area contributed by atoms with E-state index in [0.29, 0.717) is 6.01 Å². The molecule has 0 spiro atoms. The monoisotopic (exact) mass is 494 g/mol. The van der Waals surface area contributed by atoms with E-state index in [9.17, 15) is 0 Å². The molecule has 0 aliphatic carbocycles. The van der Waals surface area contributed by atoms with Crippen LogP contribution in [-0.4, -0.2) is 53.2 Å². The van der Waals surface area contributed by atoms with E-state index in [1.165, 1.54) is 16.7 Å². The van der Waals surface area contributed by atoms with Crippen molar-refractivity contribution < 1.29 is 4.74 Å². The maximum absolute atomic E-state index is 5.49. The molecule has 1 N–H and O–H groups in total. The van der Waals surface area contributed by atoms with Crippen molar-refractivity contribution >= 4 is 11.6 Å². The van der Waals surface area contributed by atoms with Crippen LogP contribution in [0.2, 0.25) is 0 Å². The molecule has 4 aromatic rings. The number of aromatic nitrogens is 2. The van der Waals surface area contributed by atoms with Crippen molar-refractivity contribution in [3.05, 3.63) is 114 Å². The summed E-state index contributed by atoms with van der Waals surface area (Å²) in [6.45, 7) is 6.22. The zero-order valence-electron chi connectivity index (χ0n) is 21.3. The molecule has 3 aromatic carbocycles.